The summed E-state index contributed by atoms with van der Waals surface area (Å²) < 4.78 is 1.64. The van der Waals surface area contributed by atoms with Gasteiger partial charge in [-0.3, -0.25) is 4.79 Å². The first-order valence-electron chi connectivity index (χ1n) is 9.45. The molecule has 144 valence electrons. The lowest BCUT2D eigenvalue weighted by molar-refractivity contribution is 0.112. The van der Waals surface area contributed by atoms with Crippen molar-refractivity contribution in [2.24, 2.45) is 0 Å². The van der Waals surface area contributed by atoms with Crippen LogP contribution in [-0.4, -0.2) is 26.0 Å². The number of pyridine rings is 2. The van der Waals surface area contributed by atoms with Gasteiger partial charge in [0.05, 0.1) is 5.56 Å². The van der Waals surface area contributed by atoms with Crippen LogP contribution >= 0.6 is 0 Å². The number of anilines is 1. The van der Waals surface area contributed by atoms with Gasteiger partial charge in [-0.05, 0) is 35.9 Å². The molecule has 2 aromatic carbocycles. The zero-order valence-electron chi connectivity index (χ0n) is 15.9. The molecule has 0 amide bonds. The number of nitrogens with two attached hydrogens (primary N) is 1. The molecular weight excluding hydrogens is 374 g/mol. The van der Waals surface area contributed by atoms with Gasteiger partial charge in [-0.25, -0.2) is 14.6 Å². The molecule has 3 aromatic heterocycles. The van der Waals surface area contributed by atoms with E-state index in [1.807, 2.05) is 60.7 Å². The highest BCUT2D eigenvalue weighted by molar-refractivity contribution is 5.88. The molecule has 0 saturated carbocycles. The maximum absolute atomic E-state index is 11.8. The predicted octanol–water partition coefficient (Wildman–Crippen LogP) is 4.54. The second-order valence-electron chi connectivity index (χ2n) is 6.89. The van der Waals surface area contributed by atoms with Crippen molar-refractivity contribution in [1.82, 2.24) is 19.7 Å². The number of aromatic nitrogens is 4. The van der Waals surface area contributed by atoms with E-state index >= 15 is 0 Å². The summed E-state index contributed by atoms with van der Waals surface area (Å²) in [5.74, 6) is 0.609. The number of carbonyl (C=O) groups excluding carboxylic acids is 1. The van der Waals surface area contributed by atoms with Gasteiger partial charge in [0.15, 0.2) is 17.8 Å². The van der Waals surface area contributed by atoms with E-state index in [-0.39, 0.29) is 0 Å². The van der Waals surface area contributed by atoms with Crippen molar-refractivity contribution in [1.29, 1.82) is 0 Å². The lowest BCUT2D eigenvalue weighted by Gasteiger charge is -2.10. The minimum absolute atomic E-state index is 0.474. The molecule has 6 heteroatoms. The molecule has 0 unspecified atom stereocenters. The molecule has 0 aliphatic heterocycles. The van der Waals surface area contributed by atoms with Crippen molar-refractivity contribution >= 4 is 23.0 Å². The fourth-order valence-corrected chi connectivity index (χ4v) is 3.45. The number of nitrogens with zero attached hydrogens (tertiary/aromatic N) is 4. The third-order valence-electron chi connectivity index (χ3n) is 4.92. The number of benzene rings is 2. The van der Waals surface area contributed by atoms with Crippen molar-refractivity contribution in [3.8, 4) is 28.2 Å². The standard InChI is InChI=1S/C24H17N5O/c25-20-10-8-17(9-11-20)22-19(15-30)14-29(28-22)24-21(16-5-2-1-3-6-16)13-18-7-4-12-26-23(18)27-24/h1-15H,25H2. The Hall–Kier alpha value is -4.32. The van der Waals surface area contributed by atoms with Gasteiger partial charge in [0, 0.05) is 34.6 Å². The van der Waals surface area contributed by atoms with Gasteiger partial charge in [0.2, 0.25) is 0 Å². The number of fused-ring (bicyclic) bond motifs is 1. The summed E-state index contributed by atoms with van der Waals surface area (Å²) >= 11 is 0. The molecule has 3 heterocycles. The molecule has 0 aliphatic rings. The van der Waals surface area contributed by atoms with Crippen LogP contribution in [0.3, 0.4) is 0 Å². The zero-order valence-corrected chi connectivity index (χ0v) is 15.9. The average Bonchev–Trinajstić information content (AvgIpc) is 3.23. The Morgan fingerprint density at radius 1 is 0.900 bits per heavy atom. The second-order valence-corrected chi connectivity index (χ2v) is 6.89. The summed E-state index contributed by atoms with van der Waals surface area (Å²) in [5.41, 5.74) is 10.8. The maximum Gasteiger partial charge on any atom is 0.163 e. The smallest absolute Gasteiger partial charge is 0.163 e. The van der Waals surface area contributed by atoms with Crippen LogP contribution in [0.4, 0.5) is 5.69 Å². The number of hydrogen-bond donors (Lipinski definition) is 1. The first-order chi connectivity index (χ1) is 14.7. The summed E-state index contributed by atoms with van der Waals surface area (Å²) in [4.78, 5) is 20.9. The Morgan fingerprint density at radius 3 is 2.47 bits per heavy atom. The summed E-state index contributed by atoms with van der Waals surface area (Å²) in [6.45, 7) is 0. The molecule has 0 aliphatic carbocycles. The molecule has 2 N–H and O–H groups in total. The van der Waals surface area contributed by atoms with Crippen LogP contribution in [0.25, 0.3) is 39.2 Å². The van der Waals surface area contributed by atoms with Crippen molar-refractivity contribution < 1.29 is 4.79 Å². The summed E-state index contributed by atoms with van der Waals surface area (Å²) in [5, 5.41) is 5.63. The molecule has 30 heavy (non-hydrogen) atoms. The van der Waals surface area contributed by atoms with Crippen LogP contribution in [-0.2, 0) is 0 Å². The molecule has 0 radical (unpaired) electrons. The lowest BCUT2D eigenvalue weighted by atomic mass is 10.1. The SMILES string of the molecule is Nc1ccc(-c2nn(-c3nc4ncccc4cc3-c3ccccc3)cc2C=O)cc1. The van der Waals surface area contributed by atoms with Crippen LogP contribution < -0.4 is 5.73 Å². The molecule has 0 bridgehead atoms. The summed E-state index contributed by atoms with van der Waals surface area (Å²) in [6.07, 6.45) is 4.21. The number of carbonyl (C=O) groups is 1. The van der Waals surface area contributed by atoms with Gasteiger partial charge in [-0.15, -0.1) is 0 Å². The average molecular weight is 391 g/mol. The summed E-state index contributed by atoms with van der Waals surface area (Å²) in [7, 11) is 0. The largest absolute Gasteiger partial charge is 0.399 e. The molecule has 0 saturated heterocycles. The highest BCUT2D eigenvalue weighted by Crippen LogP contribution is 2.30. The molecule has 0 spiro atoms. The van der Waals surface area contributed by atoms with Gasteiger partial charge < -0.3 is 5.73 Å². The van der Waals surface area contributed by atoms with Crippen molar-refractivity contribution in [2.75, 3.05) is 5.73 Å². The Labute approximate surface area is 172 Å². The van der Waals surface area contributed by atoms with Crippen LogP contribution in [0.5, 0.6) is 0 Å². The van der Waals surface area contributed by atoms with Crippen molar-refractivity contribution in [3.05, 3.63) is 90.8 Å². The molecule has 5 rings (SSSR count). The van der Waals surface area contributed by atoms with Gasteiger partial charge in [-0.2, -0.15) is 5.10 Å². The molecular formula is C24H17N5O. The molecule has 0 fully saturated rings. The minimum atomic E-state index is 0.474. The molecule has 0 atom stereocenters. The number of hydrogen-bond acceptors (Lipinski definition) is 5. The van der Waals surface area contributed by atoms with Gasteiger partial charge >= 0.3 is 0 Å². The zero-order chi connectivity index (χ0) is 20.5. The second kappa shape index (κ2) is 7.25. The first-order valence-corrected chi connectivity index (χ1v) is 9.45. The number of aldehydes is 1. The van der Waals surface area contributed by atoms with Crippen LogP contribution in [0.2, 0.25) is 0 Å². The van der Waals surface area contributed by atoms with Crippen molar-refractivity contribution in [3.63, 3.8) is 0 Å². The highest BCUT2D eigenvalue weighted by atomic mass is 16.1. The quantitative estimate of drug-likeness (QED) is 0.359. The van der Waals surface area contributed by atoms with E-state index in [1.165, 1.54) is 0 Å². The summed E-state index contributed by atoms with van der Waals surface area (Å²) in [6, 6.07) is 23.2. The van der Waals surface area contributed by atoms with E-state index < -0.39 is 0 Å². The Bertz CT molecular complexity index is 1360. The highest BCUT2D eigenvalue weighted by Gasteiger charge is 2.17. The topological polar surface area (TPSA) is 86.7 Å². The Kier molecular flexibility index (Phi) is 4.29. The fourth-order valence-electron chi connectivity index (χ4n) is 3.45. The van der Waals surface area contributed by atoms with Gasteiger partial charge in [-0.1, -0.05) is 42.5 Å². The minimum Gasteiger partial charge on any atom is -0.399 e. The number of nitrogen functional groups attached to an aromatic ring is 1. The van der Waals surface area contributed by atoms with E-state index in [4.69, 9.17) is 15.8 Å². The van der Waals surface area contributed by atoms with E-state index in [2.05, 4.69) is 4.98 Å². The molecule has 5 aromatic rings. The van der Waals surface area contributed by atoms with E-state index in [0.29, 0.717) is 28.4 Å². The van der Waals surface area contributed by atoms with E-state index in [1.54, 1.807) is 29.2 Å². The van der Waals surface area contributed by atoms with E-state index in [9.17, 15) is 4.79 Å². The Balaban J connectivity index is 1.75. The monoisotopic (exact) mass is 391 g/mol. The first kappa shape index (κ1) is 17.8. The van der Waals surface area contributed by atoms with Crippen LogP contribution in [0, 0.1) is 0 Å². The maximum atomic E-state index is 11.8. The number of rotatable bonds is 4. The Morgan fingerprint density at radius 2 is 1.70 bits per heavy atom. The van der Waals surface area contributed by atoms with Crippen LogP contribution in [0.15, 0.2) is 85.2 Å². The van der Waals surface area contributed by atoms with Gasteiger partial charge in [0.1, 0.15) is 5.69 Å². The predicted molar refractivity (Wildman–Crippen MR) is 117 cm³/mol. The lowest BCUT2D eigenvalue weighted by Crippen LogP contribution is -2.02. The molecule has 6 nitrogen and oxygen atoms in total. The fraction of sp³-hybridized carbons (Fsp3) is 0. The van der Waals surface area contributed by atoms with Crippen molar-refractivity contribution in [2.45, 2.75) is 0 Å². The van der Waals surface area contributed by atoms with Crippen LogP contribution in [0.1, 0.15) is 10.4 Å². The van der Waals surface area contributed by atoms with Gasteiger partial charge in [0.25, 0.3) is 0 Å². The normalized spacial score (nSPS) is 10.9. The van der Waals surface area contributed by atoms with E-state index in [0.717, 1.165) is 28.4 Å². The third-order valence-corrected chi connectivity index (χ3v) is 4.92. The third kappa shape index (κ3) is 3.10.